The Bertz CT molecular complexity index is 1490. The molecule has 0 bridgehead atoms. The summed E-state index contributed by atoms with van der Waals surface area (Å²) in [6, 6.07) is 19.2. The van der Waals surface area contributed by atoms with Crippen molar-refractivity contribution in [1.82, 2.24) is 15.4 Å². The number of hydrazone groups is 1. The van der Waals surface area contributed by atoms with Gasteiger partial charge in [0.2, 0.25) is 5.95 Å². The van der Waals surface area contributed by atoms with Crippen molar-refractivity contribution in [3.63, 3.8) is 0 Å². The predicted molar refractivity (Wildman–Crippen MR) is 144 cm³/mol. The maximum Gasteiger partial charge on any atom is 0.342 e. The summed E-state index contributed by atoms with van der Waals surface area (Å²) in [7, 11) is 3.08. The molecule has 0 saturated carbocycles. The Kier molecular flexibility index (Phi) is 8.09. The zero-order valence-corrected chi connectivity index (χ0v) is 21.0. The van der Waals surface area contributed by atoms with E-state index in [1.807, 2.05) is 6.07 Å². The van der Waals surface area contributed by atoms with Crippen molar-refractivity contribution in [3.05, 3.63) is 93.5 Å². The number of halogens is 1. The number of urea groups is 1. The van der Waals surface area contributed by atoms with E-state index in [4.69, 9.17) is 21.1 Å². The summed E-state index contributed by atoms with van der Waals surface area (Å²) in [4.78, 5) is 31.7. The summed E-state index contributed by atoms with van der Waals surface area (Å²) >= 11 is 6.04. The van der Waals surface area contributed by atoms with Gasteiger partial charge in [-0.3, -0.25) is 15.4 Å². The number of amides is 2. The zero-order valence-electron chi connectivity index (χ0n) is 20.2. The highest BCUT2D eigenvalue weighted by Gasteiger charge is 2.13. The second-order valence-corrected chi connectivity index (χ2v) is 8.15. The number of ether oxygens (including phenoxy) is 2. The molecule has 2 amide bonds. The highest BCUT2D eigenvalue weighted by Crippen LogP contribution is 2.33. The van der Waals surface area contributed by atoms with Crippen molar-refractivity contribution in [2.24, 2.45) is 5.10 Å². The fourth-order valence-electron chi connectivity index (χ4n) is 3.39. The van der Waals surface area contributed by atoms with Gasteiger partial charge in [0, 0.05) is 28.3 Å². The number of nitro groups is 1. The van der Waals surface area contributed by atoms with E-state index in [-0.39, 0.29) is 11.6 Å². The summed E-state index contributed by atoms with van der Waals surface area (Å²) in [5.41, 5.74) is 5.39. The molecule has 0 aliphatic carbocycles. The number of carbonyl (C=O) groups is 1. The number of carbonyl (C=O) groups excluding carboxylic acids is 1. The SMILES string of the molecule is COc1ccc(-c2cc(-c3ccc(Cl)cc3)nc(NC(=O)N/N=C\c3ccc([N+](=O)[O-])cc3)n2)cc1OC. The summed E-state index contributed by atoms with van der Waals surface area (Å²) in [6.07, 6.45) is 1.35. The number of rotatable bonds is 8. The van der Waals surface area contributed by atoms with Crippen molar-refractivity contribution < 1.29 is 19.2 Å². The minimum absolute atomic E-state index is 0.0327. The third-order valence-corrected chi connectivity index (χ3v) is 5.51. The number of aromatic nitrogens is 2. The van der Waals surface area contributed by atoms with Crippen molar-refractivity contribution in [2.75, 3.05) is 19.5 Å². The first-order chi connectivity index (χ1) is 18.4. The Morgan fingerprint density at radius 2 is 1.55 bits per heavy atom. The first-order valence-electron chi connectivity index (χ1n) is 11.1. The molecule has 0 aliphatic rings. The number of hydrogen-bond donors (Lipinski definition) is 2. The predicted octanol–water partition coefficient (Wildman–Crippen LogP) is 5.55. The zero-order chi connectivity index (χ0) is 27.1. The molecule has 1 aromatic heterocycles. The fraction of sp³-hybridized carbons (Fsp3) is 0.0769. The van der Waals surface area contributed by atoms with Crippen LogP contribution in [-0.4, -0.2) is 41.4 Å². The van der Waals surface area contributed by atoms with Gasteiger partial charge < -0.3 is 9.47 Å². The van der Waals surface area contributed by atoms with E-state index >= 15 is 0 Å². The summed E-state index contributed by atoms with van der Waals surface area (Å²) < 4.78 is 10.7. The Hall–Kier alpha value is -5.03. The minimum Gasteiger partial charge on any atom is -0.493 e. The van der Waals surface area contributed by atoms with E-state index in [0.717, 1.165) is 5.56 Å². The van der Waals surface area contributed by atoms with Crippen LogP contribution in [0.15, 0.2) is 77.9 Å². The number of nitrogens with zero attached hydrogens (tertiary/aromatic N) is 4. The lowest BCUT2D eigenvalue weighted by atomic mass is 10.1. The van der Waals surface area contributed by atoms with Gasteiger partial charge in [0.05, 0.1) is 36.7 Å². The number of non-ortho nitro benzene ring substituents is 1. The Morgan fingerprint density at radius 1 is 0.921 bits per heavy atom. The molecule has 192 valence electrons. The highest BCUT2D eigenvalue weighted by molar-refractivity contribution is 6.30. The van der Waals surface area contributed by atoms with Crippen molar-refractivity contribution >= 4 is 35.5 Å². The molecule has 0 fully saturated rings. The normalized spacial score (nSPS) is 10.7. The van der Waals surface area contributed by atoms with E-state index < -0.39 is 11.0 Å². The van der Waals surface area contributed by atoms with Crippen LogP contribution in [0.1, 0.15) is 5.56 Å². The van der Waals surface area contributed by atoms with Crippen LogP contribution < -0.4 is 20.2 Å². The molecule has 0 spiro atoms. The molecule has 0 saturated heterocycles. The van der Waals surface area contributed by atoms with Gasteiger partial charge in [0.15, 0.2) is 11.5 Å². The maximum absolute atomic E-state index is 12.5. The number of anilines is 1. The van der Waals surface area contributed by atoms with Gasteiger partial charge in [0.1, 0.15) is 0 Å². The number of hydrogen-bond acceptors (Lipinski definition) is 8. The van der Waals surface area contributed by atoms with Crippen molar-refractivity contribution in [2.45, 2.75) is 0 Å². The molecule has 1 heterocycles. The van der Waals surface area contributed by atoms with Crippen LogP contribution in [0.5, 0.6) is 11.5 Å². The molecule has 12 heteroatoms. The van der Waals surface area contributed by atoms with Crippen molar-refractivity contribution in [1.29, 1.82) is 0 Å². The van der Waals surface area contributed by atoms with Crippen LogP contribution in [0.3, 0.4) is 0 Å². The maximum atomic E-state index is 12.5. The summed E-state index contributed by atoms with van der Waals surface area (Å²) in [6.45, 7) is 0. The molecule has 0 aliphatic heterocycles. The average molecular weight is 533 g/mol. The van der Waals surface area contributed by atoms with Crippen LogP contribution in [0.2, 0.25) is 5.02 Å². The number of nitrogens with one attached hydrogen (secondary N) is 2. The van der Waals surface area contributed by atoms with E-state index in [9.17, 15) is 14.9 Å². The first kappa shape index (κ1) is 26.0. The third kappa shape index (κ3) is 6.39. The minimum atomic E-state index is -0.685. The fourth-order valence-corrected chi connectivity index (χ4v) is 3.52. The molecule has 38 heavy (non-hydrogen) atoms. The molecule has 11 nitrogen and oxygen atoms in total. The van der Waals surface area contributed by atoms with Crippen LogP contribution >= 0.6 is 11.6 Å². The van der Waals surface area contributed by atoms with Gasteiger partial charge in [-0.15, -0.1) is 0 Å². The monoisotopic (exact) mass is 532 g/mol. The molecule has 0 radical (unpaired) electrons. The summed E-state index contributed by atoms with van der Waals surface area (Å²) in [5.74, 6) is 1.11. The van der Waals surface area contributed by atoms with Crippen LogP contribution in [-0.2, 0) is 0 Å². The number of benzene rings is 3. The second kappa shape index (κ2) is 11.8. The van der Waals surface area contributed by atoms with Crippen molar-refractivity contribution in [3.8, 4) is 34.0 Å². The Morgan fingerprint density at radius 3 is 2.18 bits per heavy atom. The standard InChI is InChI=1S/C26H21ClN6O5/c1-37-23-12-7-18(13-24(23)38-2)22-14-21(17-5-8-19(27)9-6-17)29-25(30-22)31-26(34)32-28-15-16-3-10-20(11-4-16)33(35)36/h3-15H,1-2H3,(H2,29,30,31,32,34)/b28-15-. The van der Waals surface area contributed by atoms with Gasteiger partial charge in [-0.25, -0.2) is 20.2 Å². The van der Waals surface area contributed by atoms with E-state index in [2.05, 4.69) is 25.8 Å². The lowest BCUT2D eigenvalue weighted by Crippen LogP contribution is -2.25. The number of nitro benzene ring substituents is 1. The average Bonchev–Trinajstić information content (AvgIpc) is 2.93. The third-order valence-electron chi connectivity index (χ3n) is 5.25. The van der Waals surface area contributed by atoms with Crippen LogP contribution in [0.25, 0.3) is 22.5 Å². The highest BCUT2D eigenvalue weighted by atomic mass is 35.5. The van der Waals surface area contributed by atoms with E-state index in [0.29, 0.717) is 39.0 Å². The lowest BCUT2D eigenvalue weighted by molar-refractivity contribution is -0.384. The smallest absolute Gasteiger partial charge is 0.342 e. The van der Waals surface area contributed by atoms with Gasteiger partial charge in [0.25, 0.3) is 5.69 Å². The molecule has 3 aromatic carbocycles. The van der Waals surface area contributed by atoms with Gasteiger partial charge in [-0.05, 0) is 54.1 Å². The molecule has 0 unspecified atom stereocenters. The Labute approximate surface area is 222 Å². The molecular formula is C26H21ClN6O5. The second-order valence-electron chi connectivity index (χ2n) is 7.71. The molecule has 0 atom stereocenters. The quantitative estimate of drug-likeness (QED) is 0.172. The van der Waals surface area contributed by atoms with Crippen LogP contribution in [0.4, 0.5) is 16.4 Å². The summed E-state index contributed by atoms with van der Waals surface area (Å²) in [5, 5.41) is 17.8. The van der Waals surface area contributed by atoms with E-state index in [1.54, 1.807) is 49.6 Å². The largest absolute Gasteiger partial charge is 0.493 e. The van der Waals surface area contributed by atoms with Crippen LogP contribution in [0, 0.1) is 10.1 Å². The lowest BCUT2D eigenvalue weighted by Gasteiger charge is -2.12. The van der Waals surface area contributed by atoms with Gasteiger partial charge in [-0.2, -0.15) is 5.10 Å². The van der Waals surface area contributed by atoms with E-state index in [1.165, 1.54) is 37.6 Å². The molecular weight excluding hydrogens is 512 g/mol. The van der Waals surface area contributed by atoms with Gasteiger partial charge >= 0.3 is 6.03 Å². The topological polar surface area (TPSA) is 141 Å². The molecule has 4 rings (SSSR count). The Balaban J connectivity index is 1.59. The molecule has 4 aromatic rings. The number of methoxy groups -OCH3 is 2. The van der Waals surface area contributed by atoms with Gasteiger partial charge in [-0.1, -0.05) is 23.7 Å². The first-order valence-corrected chi connectivity index (χ1v) is 11.5. The molecule has 2 N–H and O–H groups in total.